The molecule has 0 bridgehead atoms. The highest BCUT2D eigenvalue weighted by molar-refractivity contribution is 5.84. The van der Waals surface area contributed by atoms with Crippen molar-refractivity contribution in [1.29, 1.82) is 0 Å². The zero-order chi connectivity index (χ0) is 23.1. The van der Waals surface area contributed by atoms with Gasteiger partial charge in [0.15, 0.2) is 5.82 Å². The van der Waals surface area contributed by atoms with Crippen molar-refractivity contribution in [2.45, 2.75) is 19.9 Å². The van der Waals surface area contributed by atoms with Crippen molar-refractivity contribution in [3.63, 3.8) is 0 Å². The van der Waals surface area contributed by atoms with Gasteiger partial charge in [0.05, 0.1) is 5.69 Å². The van der Waals surface area contributed by atoms with E-state index < -0.39 is 0 Å². The Morgan fingerprint density at radius 1 is 1.12 bits per heavy atom. The number of piperazine rings is 1. The largest absolute Gasteiger partial charge is 0.352 e. The van der Waals surface area contributed by atoms with Gasteiger partial charge in [-0.25, -0.2) is 9.18 Å². The van der Waals surface area contributed by atoms with Crippen LogP contribution >= 0.6 is 0 Å². The zero-order valence-corrected chi connectivity index (χ0v) is 18.5. The van der Waals surface area contributed by atoms with Crippen LogP contribution in [0.3, 0.4) is 0 Å². The molecule has 0 aliphatic carbocycles. The summed E-state index contributed by atoms with van der Waals surface area (Å²) in [5.41, 5.74) is 1.47. The quantitative estimate of drug-likeness (QED) is 0.669. The van der Waals surface area contributed by atoms with Crippen molar-refractivity contribution < 1.29 is 14.0 Å². The van der Waals surface area contributed by atoms with Crippen LogP contribution in [0.4, 0.5) is 15.0 Å². The maximum atomic E-state index is 13.1. The molecule has 0 atom stereocenters. The normalized spacial score (nSPS) is 13.8. The van der Waals surface area contributed by atoms with Crippen LogP contribution in [0.1, 0.15) is 13.8 Å². The van der Waals surface area contributed by atoms with Gasteiger partial charge in [-0.3, -0.25) is 4.79 Å². The summed E-state index contributed by atoms with van der Waals surface area (Å²) in [6.45, 7) is 10.1. The summed E-state index contributed by atoms with van der Waals surface area (Å²) in [4.78, 5) is 30.3. The third-order valence-electron chi connectivity index (χ3n) is 5.12. The van der Waals surface area contributed by atoms with Crippen LogP contribution in [0.5, 0.6) is 0 Å². The Morgan fingerprint density at radius 2 is 1.81 bits per heavy atom. The van der Waals surface area contributed by atoms with Gasteiger partial charge < -0.3 is 20.0 Å². The number of nitrogens with zero attached hydrogens (tertiary/aromatic N) is 5. The summed E-state index contributed by atoms with van der Waals surface area (Å²) >= 11 is 0. The van der Waals surface area contributed by atoms with E-state index in [2.05, 4.69) is 27.0 Å². The standard InChI is InChI=1S/C23H29FN6O2/c1-4-11-30(23(32)25-17(2)3)16-22(31)29-14-12-28(13-15-29)21-10-9-20(26-27-21)18-5-7-19(24)8-6-18/h4-10,17H,1,11-16H2,2-3H3,(H,25,32). The Kier molecular flexibility index (Phi) is 7.75. The molecule has 1 fully saturated rings. The molecule has 0 unspecified atom stereocenters. The number of halogens is 1. The SMILES string of the molecule is C=CCN(CC(=O)N1CCN(c2ccc(-c3ccc(F)cc3)nn2)CC1)C(=O)NC(C)C. The summed E-state index contributed by atoms with van der Waals surface area (Å²) < 4.78 is 13.1. The predicted molar refractivity (Wildman–Crippen MR) is 122 cm³/mol. The molecule has 0 spiro atoms. The maximum absolute atomic E-state index is 13.1. The molecular formula is C23H29FN6O2. The van der Waals surface area contributed by atoms with E-state index in [0.717, 1.165) is 11.4 Å². The van der Waals surface area contributed by atoms with Gasteiger partial charge in [-0.15, -0.1) is 16.8 Å². The Balaban J connectivity index is 1.54. The van der Waals surface area contributed by atoms with Crippen LogP contribution in [-0.4, -0.2) is 77.2 Å². The van der Waals surface area contributed by atoms with Crippen LogP contribution in [-0.2, 0) is 4.79 Å². The minimum Gasteiger partial charge on any atom is -0.352 e. The molecule has 3 rings (SSSR count). The molecule has 3 amide bonds. The lowest BCUT2D eigenvalue weighted by molar-refractivity contribution is -0.132. The highest BCUT2D eigenvalue weighted by atomic mass is 19.1. The fraction of sp³-hybridized carbons (Fsp3) is 0.391. The van der Waals surface area contributed by atoms with Crippen molar-refractivity contribution in [3.05, 3.63) is 54.9 Å². The van der Waals surface area contributed by atoms with Crippen molar-refractivity contribution in [3.8, 4) is 11.3 Å². The van der Waals surface area contributed by atoms with Gasteiger partial charge in [-0.2, -0.15) is 0 Å². The molecule has 32 heavy (non-hydrogen) atoms. The molecule has 1 aromatic heterocycles. The Morgan fingerprint density at radius 3 is 2.38 bits per heavy atom. The summed E-state index contributed by atoms with van der Waals surface area (Å²) in [6, 6.07) is 9.57. The number of hydrogen-bond donors (Lipinski definition) is 1. The van der Waals surface area contributed by atoms with Crippen molar-refractivity contribution in [2.24, 2.45) is 0 Å². The molecule has 8 nitrogen and oxygen atoms in total. The second-order valence-corrected chi connectivity index (χ2v) is 7.92. The van der Waals surface area contributed by atoms with Crippen molar-refractivity contribution >= 4 is 17.8 Å². The molecule has 1 saturated heterocycles. The highest BCUT2D eigenvalue weighted by Crippen LogP contribution is 2.19. The monoisotopic (exact) mass is 440 g/mol. The molecule has 1 aliphatic heterocycles. The Bertz CT molecular complexity index is 925. The molecular weight excluding hydrogens is 411 g/mol. The number of hydrogen-bond acceptors (Lipinski definition) is 5. The third-order valence-corrected chi connectivity index (χ3v) is 5.12. The predicted octanol–water partition coefficient (Wildman–Crippen LogP) is 2.54. The Hall–Kier alpha value is -3.49. The average Bonchev–Trinajstić information content (AvgIpc) is 2.79. The Labute approximate surface area is 187 Å². The molecule has 2 aromatic rings. The molecule has 0 radical (unpaired) electrons. The smallest absolute Gasteiger partial charge is 0.318 e. The molecule has 9 heteroatoms. The fourth-order valence-electron chi connectivity index (χ4n) is 3.43. The first-order valence-corrected chi connectivity index (χ1v) is 10.7. The van der Waals surface area contributed by atoms with E-state index >= 15 is 0 Å². The van der Waals surface area contributed by atoms with Gasteiger partial charge in [0.2, 0.25) is 5.91 Å². The van der Waals surface area contributed by atoms with E-state index in [-0.39, 0.29) is 30.3 Å². The first kappa shape index (κ1) is 23.2. The second-order valence-electron chi connectivity index (χ2n) is 7.92. The lowest BCUT2D eigenvalue weighted by atomic mass is 10.1. The minimum atomic E-state index is -0.293. The summed E-state index contributed by atoms with van der Waals surface area (Å²) in [6.07, 6.45) is 1.61. The summed E-state index contributed by atoms with van der Waals surface area (Å²) in [7, 11) is 0. The first-order valence-electron chi connectivity index (χ1n) is 10.7. The average molecular weight is 441 g/mol. The molecule has 1 aromatic carbocycles. The molecule has 1 N–H and O–H groups in total. The maximum Gasteiger partial charge on any atom is 0.318 e. The van der Waals surface area contributed by atoms with Gasteiger partial charge >= 0.3 is 6.03 Å². The zero-order valence-electron chi connectivity index (χ0n) is 18.5. The van der Waals surface area contributed by atoms with Gasteiger partial charge in [0, 0.05) is 44.3 Å². The molecule has 1 aliphatic rings. The van der Waals surface area contributed by atoms with Crippen LogP contribution in [0.25, 0.3) is 11.3 Å². The van der Waals surface area contributed by atoms with E-state index in [1.165, 1.54) is 17.0 Å². The summed E-state index contributed by atoms with van der Waals surface area (Å²) in [5, 5.41) is 11.4. The van der Waals surface area contributed by atoms with E-state index in [1.54, 1.807) is 23.1 Å². The number of urea groups is 1. The number of carbonyl (C=O) groups excluding carboxylic acids is 2. The number of carbonyl (C=O) groups is 2. The van der Waals surface area contributed by atoms with Crippen molar-refractivity contribution in [2.75, 3.05) is 44.2 Å². The number of nitrogens with one attached hydrogen (secondary N) is 1. The van der Waals surface area contributed by atoms with E-state index in [9.17, 15) is 14.0 Å². The van der Waals surface area contributed by atoms with Gasteiger partial charge in [-0.1, -0.05) is 6.08 Å². The number of anilines is 1. The van der Waals surface area contributed by atoms with Crippen molar-refractivity contribution in [1.82, 2.24) is 25.3 Å². The first-order chi connectivity index (χ1) is 15.4. The lowest BCUT2D eigenvalue weighted by Gasteiger charge is -2.36. The van der Waals surface area contributed by atoms with Crippen LogP contribution in [0.15, 0.2) is 49.1 Å². The minimum absolute atomic E-state index is 0.0102. The van der Waals surface area contributed by atoms with E-state index in [0.29, 0.717) is 38.4 Å². The van der Waals surface area contributed by atoms with Crippen LogP contribution in [0, 0.1) is 5.82 Å². The highest BCUT2D eigenvalue weighted by Gasteiger charge is 2.25. The number of aromatic nitrogens is 2. The van der Waals surface area contributed by atoms with Gasteiger partial charge in [0.1, 0.15) is 12.4 Å². The molecule has 0 saturated carbocycles. The van der Waals surface area contributed by atoms with Gasteiger partial charge in [0.25, 0.3) is 0 Å². The van der Waals surface area contributed by atoms with E-state index in [1.807, 2.05) is 26.0 Å². The van der Waals surface area contributed by atoms with Crippen LogP contribution in [0.2, 0.25) is 0 Å². The third kappa shape index (κ3) is 6.03. The summed E-state index contributed by atoms with van der Waals surface area (Å²) in [5.74, 6) is 0.342. The number of benzene rings is 1. The topological polar surface area (TPSA) is 81.7 Å². The van der Waals surface area contributed by atoms with Gasteiger partial charge in [-0.05, 0) is 50.2 Å². The second kappa shape index (κ2) is 10.7. The van der Waals surface area contributed by atoms with Crippen LogP contribution < -0.4 is 10.2 Å². The lowest BCUT2D eigenvalue weighted by Crippen LogP contribution is -2.53. The van der Waals surface area contributed by atoms with E-state index in [4.69, 9.17) is 0 Å². The number of amides is 3. The molecule has 2 heterocycles. The molecule has 170 valence electrons. The number of rotatable bonds is 7. The fourth-order valence-corrected chi connectivity index (χ4v) is 3.43.